The zero-order chi connectivity index (χ0) is 18.0. The van der Waals surface area contributed by atoms with Crippen LogP contribution in [0.15, 0.2) is 36.4 Å². The van der Waals surface area contributed by atoms with Crippen LogP contribution in [0.25, 0.3) is 0 Å². The Hall–Kier alpha value is -2.66. The fourth-order valence-electron chi connectivity index (χ4n) is 3.34. The number of amides is 2. The molecule has 0 aliphatic carbocycles. The molecule has 1 heterocycles. The molecule has 5 nitrogen and oxygen atoms in total. The van der Waals surface area contributed by atoms with Gasteiger partial charge in [0.05, 0.1) is 5.92 Å². The Balaban J connectivity index is 1.64. The minimum atomic E-state index is -0.421. The van der Waals surface area contributed by atoms with E-state index < -0.39 is 5.92 Å². The average Bonchev–Trinajstić information content (AvgIpc) is 2.89. The molecule has 0 unspecified atom stereocenters. The van der Waals surface area contributed by atoms with Crippen molar-refractivity contribution < 1.29 is 9.59 Å². The summed E-state index contributed by atoms with van der Waals surface area (Å²) in [6.45, 7) is 4.92. The zero-order valence-corrected chi connectivity index (χ0v) is 14.6. The molecule has 4 N–H and O–H groups in total. The van der Waals surface area contributed by atoms with Gasteiger partial charge in [-0.25, -0.2) is 0 Å². The van der Waals surface area contributed by atoms with E-state index in [1.54, 1.807) is 0 Å². The Morgan fingerprint density at radius 2 is 1.84 bits per heavy atom. The van der Waals surface area contributed by atoms with Crippen LogP contribution < -0.4 is 16.4 Å². The summed E-state index contributed by atoms with van der Waals surface area (Å²) >= 11 is 0. The first-order valence-electron chi connectivity index (χ1n) is 8.44. The van der Waals surface area contributed by atoms with Gasteiger partial charge in [0.2, 0.25) is 11.8 Å². The predicted octanol–water partition coefficient (Wildman–Crippen LogP) is 2.50. The number of anilines is 1. The third-order valence-corrected chi connectivity index (χ3v) is 4.59. The minimum Gasteiger partial charge on any atom is -0.352 e. The Bertz CT molecular complexity index is 812. The van der Waals surface area contributed by atoms with Crippen molar-refractivity contribution in [1.82, 2.24) is 5.32 Å². The van der Waals surface area contributed by atoms with Crippen molar-refractivity contribution in [2.24, 2.45) is 5.73 Å². The highest BCUT2D eigenvalue weighted by Gasteiger charge is 2.33. The van der Waals surface area contributed by atoms with Gasteiger partial charge in [0.15, 0.2) is 0 Å². The average molecular weight is 337 g/mol. The number of hydrogen-bond acceptors (Lipinski definition) is 3. The smallest absolute Gasteiger partial charge is 0.232 e. The Kier molecular flexibility index (Phi) is 4.86. The molecule has 5 heteroatoms. The van der Waals surface area contributed by atoms with Gasteiger partial charge in [-0.2, -0.15) is 0 Å². The molecule has 0 saturated heterocycles. The van der Waals surface area contributed by atoms with E-state index >= 15 is 0 Å². The lowest BCUT2D eigenvalue weighted by Gasteiger charge is -2.12. The molecule has 0 bridgehead atoms. The number of nitrogens with two attached hydrogens (primary N) is 1. The van der Waals surface area contributed by atoms with Gasteiger partial charge in [0.25, 0.3) is 0 Å². The summed E-state index contributed by atoms with van der Waals surface area (Å²) in [6.07, 6.45) is 0.156. The van der Waals surface area contributed by atoms with Gasteiger partial charge < -0.3 is 16.4 Å². The van der Waals surface area contributed by atoms with E-state index in [0.717, 1.165) is 33.5 Å². The van der Waals surface area contributed by atoms with E-state index in [-0.39, 0.29) is 18.2 Å². The van der Waals surface area contributed by atoms with Crippen LogP contribution in [0.2, 0.25) is 0 Å². The summed E-state index contributed by atoms with van der Waals surface area (Å²) in [6, 6.07) is 11.8. The Morgan fingerprint density at radius 3 is 2.52 bits per heavy atom. The first-order chi connectivity index (χ1) is 12.0. The number of rotatable bonds is 5. The number of hydrogen-bond donors (Lipinski definition) is 3. The van der Waals surface area contributed by atoms with Crippen LogP contribution >= 0.6 is 0 Å². The second kappa shape index (κ2) is 7.07. The van der Waals surface area contributed by atoms with Crippen LogP contribution in [-0.2, 0) is 22.7 Å². The van der Waals surface area contributed by atoms with Crippen LogP contribution in [0.4, 0.5) is 5.69 Å². The number of nitrogens with one attached hydrogen (secondary N) is 2. The van der Waals surface area contributed by atoms with Gasteiger partial charge in [-0.1, -0.05) is 30.3 Å². The van der Waals surface area contributed by atoms with Crippen LogP contribution in [0.5, 0.6) is 0 Å². The number of benzene rings is 2. The lowest BCUT2D eigenvalue weighted by molar-refractivity contribution is -0.125. The lowest BCUT2D eigenvalue weighted by Crippen LogP contribution is -2.26. The second-order valence-corrected chi connectivity index (χ2v) is 6.59. The van der Waals surface area contributed by atoms with Gasteiger partial charge in [-0.15, -0.1) is 0 Å². The van der Waals surface area contributed by atoms with E-state index in [2.05, 4.69) is 10.6 Å². The molecule has 130 valence electrons. The molecule has 1 aliphatic heterocycles. The van der Waals surface area contributed by atoms with Crippen LogP contribution in [0, 0.1) is 13.8 Å². The van der Waals surface area contributed by atoms with E-state index in [4.69, 9.17) is 5.73 Å². The highest BCUT2D eigenvalue weighted by Crippen LogP contribution is 2.37. The standard InChI is InChI=1S/C20H23N3O2/c1-12-7-13(2)19-16(20(25)23-17(19)8-12)9-18(24)22-11-15-5-3-14(10-21)4-6-15/h3-8,16H,9-11,21H2,1-2H3,(H,22,24)(H,23,25)/t16-/m0/s1. The van der Waals surface area contributed by atoms with Crippen molar-refractivity contribution in [2.75, 3.05) is 5.32 Å². The fraction of sp³-hybridized carbons (Fsp3) is 0.300. The maximum atomic E-state index is 12.3. The van der Waals surface area contributed by atoms with Gasteiger partial charge in [-0.3, -0.25) is 9.59 Å². The van der Waals surface area contributed by atoms with E-state index in [1.165, 1.54) is 0 Å². The summed E-state index contributed by atoms with van der Waals surface area (Å²) in [4.78, 5) is 24.6. The topological polar surface area (TPSA) is 84.2 Å². The third kappa shape index (κ3) is 3.72. The number of aryl methyl sites for hydroxylation is 2. The van der Waals surface area contributed by atoms with E-state index in [1.807, 2.05) is 50.2 Å². The molecule has 0 radical (unpaired) electrons. The maximum Gasteiger partial charge on any atom is 0.232 e. The second-order valence-electron chi connectivity index (χ2n) is 6.59. The molecular weight excluding hydrogens is 314 g/mol. The van der Waals surface area contributed by atoms with Crippen molar-refractivity contribution >= 4 is 17.5 Å². The molecule has 1 aliphatic rings. The van der Waals surface area contributed by atoms with E-state index in [0.29, 0.717) is 13.1 Å². The normalized spacial score (nSPS) is 15.6. The van der Waals surface area contributed by atoms with Gasteiger partial charge in [0, 0.05) is 25.2 Å². The number of carbonyl (C=O) groups excluding carboxylic acids is 2. The molecule has 25 heavy (non-hydrogen) atoms. The van der Waals surface area contributed by atoms with Crippen LogP contribution in [0.3, 0.4) is 0 Å². The molecule has 0 aromatic heterocycles. The highest BCUT2D eigenvalue weighted by atomic mass is 16.2. The van der Waals surface area contributed by atoms with Crippen LogP contribution in [0.1, 0.15) is 40.2 Å². The van der Waals surface area contributed by atoms with Crippen molar-refractivity contribution in [3.05, 3.63) is 64.2 Å². The molecule has 0 saturated carbocycles. The largest absolute Gasteiger partial charge is 0.352 e. The van der Waals surface area contributed by atoms with Crippen molar-refractivity contribution in [1.29, 1.82) is 0 Å². The SMILES string of the molecule is Cc1cc(C)c2c(c1)NC(=O)[C@H]2CC(=O)NCc1ccc(CN)cc1. The first kappa shape index (κ1) is 17.2. The van der Waals surface area contributed by atoms with Gasteiger partial charge in [0.1, 0.15) is 0 Å². The molecule has 0 fully saturated rings. The van der Waals surface area contributed by atoms with E-state index in [9.17, 15) is 9.59 Å². The Morgan fingerprint density at radius 1 is 1.16 bits per heavy atom. The lowest BCUT2D eigenvalue weighted by atomic mass is 9.92. The van der Waals surface area contributed by atoms with Crippen molar-refractivity contribution in [2.45, 2.75) is 39.3 Å². The zero-order valence-electron chi connectivity index (χ0n) is 14.6. The van der Waals surface area contributed by atoms with Crippen LogP contribution in [-0.4, -0.2) is 11.8 Å². The number of fused-ring (bicyclic) bond motifs is 1. The summed E-state index contributed by atoms with van der Waals surface area (Å²) in [5.41, 5.74) is 11.6. The van der Waals surface area contributed by atoms with Gasteiger partial charge in [-0.05, 0) is 47.7 Å². The highest BCUT2D eigenvalue weighted by molar-refractivity contribution is 6.05. The van der Waals surface area contributed by atoms with Crippen molar-refractivity contribution in [3.8, 4) is 0 Å². The summed E-state index contributed by atoms with van der Waals surface area (Å²) in [5, 5.41) is 5.79. The summed E-state index contributed by atoms with van der Waals surface area (Å²) < 4.78 is 0. The van der Waals surface area contributed by atoms with Crippen molar-refractivity contribution in [3.63, 3.8) is 0 Å². The summed E-state index contributed by atoms with van der Waals surface area (Å²) in [7, 11) is 0. The monoisotopic (exact) mass is 337 g/mol. The molecule has 2 amide bonds. The summed E-state index contributed by atoms with van der Waals surface area (Å²) in [5.74, 6) is -0.655. The minimum absolute atomic E-state index is 0.105. The number of carbonyl (C=O) groups is 2. The first-order valence-corrected chi connectivity index (χ1v) is 8.44. The Labute approximate surface area is 147 Å². The molecule has 0 spiro atoms. The fourth-order valence-corrected chi connectivity index (χ4v) is 3.34. The predicted molar refractivity (Wildman–Crippen MR) is 98.1 cm³/mol. The van der Waals surface area contributed by atoms with Gasteiger partial charge >= 0.3 is 0 Å². The molecule has 3 rings (SSSR count). The quantitative estimate of drug-likeness (QED) is 0.784. The molecule has 1 atom stereocenters. The molecular formula is C20H23N3O2. The maximum absolute atomic E-state index is 12.3. The molecule has 2 aromatic rings. The molecule has 2 aromatic carbocycles. The third-order valence-electron chi connectivity index (χ3n) is 4.59.